The molecular formula is C20H27N3O2. The van der Waals surface area contributed by atoms with Gasteiger partial charge in [0, 0.05) is 24.9 Å². The summed E-state index contributed by atoms with van der Waals surface area (Å²) >= 11 is 0. The number of carbonyl (C=O) groups is 1. The Morgan fingerprint density at radius 2 is 2.20 bits per heavy atom. The summed E-state index contributed by atoms with van der Waals surface area (Å²) in [6, 6.07) is 9.94. The number of benzene rings is 1. The maximum Gasteiger partial charge on any atom is 0.220 e. The van der Waals surface area contributed by atoms with E-state index in [0.717, 1.165) is 43.1 Å². The standard InChI is InChI=1S/C20H27N3O2/c1-15-20(17-7-3-2-4-8-17)25-19(23-15)10-9-18(24)22-13-11-16-6-5-12-21-14-16/h2-4,7-8,16,21H,5-6,9-14H2,1H3,(H,22,24). The normalized spacial score (nSPS) is 17.4. The monoisotopic (exact) mass is 341 g/mol. The molecule has 1 atom stereocenters. The predicted molar refractivity (Wildman–Crippen MR) is 98.2 cm³/mol. The Morgan fingerprint density at radius 1 is 1.36 bits per heavy atom. The zero-order valence-electron chi connectivity index (χ0n) is 14.9. The van der Waals surface area contributed by atoms with Gasteiger partial charge >= 0.3 is 0 Å². The molecule has 1 fully saturated rings. The maximum atomic E-state index is 12.0. The highest BCUT2D eigenvalue weighted by Gasteiger charge is 2.14. The maximum absolute atomic E-state index is 12.0. The van der Waals surface area contributed by atoms with Gasteiger partial charge in [-0.25, -0.2) is 4.98 Å². The van der Waals surface area contributed by atoms with Crippen LogP contribution >= 0.6 is 0 Å². The molecule has 25 heavy (non-hydrogen) atoms. The lowest BCUT2D eigenvalue weighted by atomic mass is 9.96. The van der Waals surface area contributed by atoms with Crippen LogP contribution in [0, 0.1) is 12.8 Å². The van der Waals surface area contributed by atoms with Gasteiger partial charge in [-0.2, -0.15) is 0 Å². The Balaban J connectivity index is 1.43. The van der Waals surface area contributed by atoms with Crippen molar-refractivity contribution in [3.8, 4) is 11.3 Å². The van der Waals surface area contributed by atoms with Gasteiger partial charge in [0.1, 0.15) is 0 Å². The van der Waals surface area contributed by atoms with Gasteiger partial charge in [-0.15, -0.1) is 0 Å². The predicted octanol–water partition coefficient (Wildman–Crippen LogP) is 3.09. The van der Waals surface area contributed by atoms with Crippen LogP contribution in [0.1, 0.15) is 37.3 Å². The number of nitrogens with zero attached hydrogens (tertiary/aromatic N) is 1. The Morgan fingerprint density at radius 3 is 2.96 bits per heavy atom. The average Bonchev–Trinajstić information content (AvgIpc) is 3.02. The summed E-state index contributed by atoms with van der Waals surface area (Å²) in [5, 5.41) is 6.42. The number of aryl methyl sites for hydroxylation is 2. The van der Waals surface area contributed by atoms with Gasteiger partial charge in [-0.1, -0.05) is 30.3 Å². The van der Waals surface area contributed by atoms with E-state index in [1.165, 1.54) is 12.8 Å². The topological polar surface area (TPSA) is 67.2 Å². The minimum Gasteiger partial charge on any atom is -0.440 e. The first-order valence-electron chi connectivity index (χ1n) is 9.21. The van der Waals surface area contributed by atoms with Crippen LogP contribution in [-0.4, -0.2) is 30.5 Å². The van der Waals surface area contributed by atoms with E-state index in [0.29, 0.717) is 24.7 Å². The Hall–Kier alpha value is -2.14. The molecule has 0 bridgehead atoms. The highest BCUT2D eigenvalue weighted by Crippen LogP contribution is 2.24. The molecule has 0 aliphatic carbocycles. The van der Waals surface area contributed by atoms with Crippen LogP contribution in [-0.2, 0) is 11.2 Å². The second-order valence-corrected chi connectivity index (χ2v) is 6.74. The van der Waals surface area contributed by atoms with E-state index in [4.69, 9.17) is 4.42 Å². The lowest BCUT2D eigenvalue weighted by Crippen LogP contribution is -2.33. The number of aromatic nitrogens is 1. The molecule has 1 aromatic heterocycles. The van der Waals surface area contributed by atoms with Gasteiger partial charge < -0.3 is 15.1 Å². The SMILES string of the molecule is Cc1nc(CCC(=O)NCCC2CCCNC2)oc1-c1ccccc1. The van der Waals surface area contributed by atoms with E-state index >= 15 is 0 Å². The third-order valence-corrected chi connectivity index (χ3v) is 4.72. The van der Waals surface area contributed by atoms with Gasteiger partial charge in [0.05, 0.1) is 5.69 Å². The summed E-state index contributed by atoms with van der Waals surface area (Å²) in [6.07, 6.45) is 4.50. The molecule has 5 heteroatoms. The first-order valence-corrected chi connectivity index (χ1v) is 9.21. The molecule has 0 saturated carbocycles. The lowest BCUT2D eigenvalue weighted by Gasteiger charge is -2.22. The molecule has 1 aliphatic heterocycles. The van der Waals surface area contributed by atoms with Gasteiger partial charge in [0.2, 0.25) is 5.91 Å². The summed E-state index contributed by atoms with van der Waals surface area (Å²) in [5.74, 6) is 2.18. The molecule has 1 unspecified atom stereocenters. The van der Waals surface area contributed by atoms with Crippen LogP contribution in [0.25, 0.3) is 11.3 Å². The zero-order valence-corrected chi connectivity index (χ0v) is 14.9. The van der Waals surface area contributed by atoms with Crippen molar-refractivity contribution < 1.29 is 9.21 Å². The summed E-state index contributed by atoms with van der Waals surface area (Å²) in [7, 11) is 0. The molecule has 1 amide bonds. The fourth-order valence-electron chi connectivity index (χ4n) is 3.31. The van der Waals surface area contributed by atoms with E-state index in [9.17, 15) is 4.79 Å². The minimum absolute atomic E-state index is 0.0703. The van der Waals surface area contributed by atoms with Crippen LogP contribution in [0.15, 0.2) is 34.7 Å². The number of hydrogen-bond donors (Lipinski definition) is 2. The molecule has 5 nitrogen and oxygen atoms in total. The molecule has 2 N–H and O–H groups in total. The van der Waals surface area contributed by atoms with Crippen LogP contribution in [0.4, 0.5) is 0 Å². The number of amides is 1. The third-order valence-electron chi connectivity index (χ3n) is 4.72. The summed E-state index contributed by atoms with van der Waals surface area (Å²) < 4.78 is 5.85. The smallest absolute Gasteiger partial charge is 0.220 e. The van der Waals surface area contributed by atoms with E-state index in [2.05, 4.69) is 15.6 Å². The molecule has 134 valence electrons. The fourth-order valence-corrected chi connectivity index (χ4v) is 3.31. The molecule has 0 spiro atoms. The highest BCUT2D eigenvalue weighted by molar-refractivity contribution is 5.76. The number of piperidine rings is 1. The van der Waals surface area contributed by atoms with Gasteiger partial charge in [-0.3, -0.25) is 4.79 Å². The van der Waals surface area contributed by atoms with Crippen molar-refractivity contribution in [1.29, 1.82) is 0 Å². The molecule has 2 heterocycles. The summed E-state index contributed by atoms with van der Waals surface area (Å²) in [4.78, 5) is 16.5. The molecule has 2 aromatic rings. The number of rotatable bonds is 7. The second-order valence-electron chi connectivity index (χ2n) is 6.74. The van der Waals surface area contributed by atoms with Crippen molar-refractivity contribution in [3.63, 3.8) is 0 Å². The van der Waals surface area contributed by atoms with E-state index < -0.39 is 0 Å². The molecule has 1 aliphatic rings. The quantitative estimate of drug-likeness (QED) is 0.812. The van der Waals surface area contributed by atoms with Crippen molar-refractivity contribution >= 4 is 5.91 Å². The van der Waals surface area contributed by atoms with Gasteiger partial charge in [-0.05, 0) is 45.2 Å². The molecule has 1 aromatic carbocycles. The van der Waals surface area contributed by atoms with E-state index in [1.54, 1.807) is 0 Å². The fraction of sp³-hybridized carbons (Fsp3) is 0.500. The second kappa shape index (κ2) is 8.81. The molecule has 3 rings (SSSR count). The van der Waals surface area contributed by atoms with Gasteiger partial charge in [0.25, 0.3) is 0 Å². The van der Waals surface area contributed by atoms with E-state index in [-0.39, 0.29) is 5.91 Å². The van der Waals surface area contributed by atoms with E-state index in [1.807, 2.05) is 37.3 Å². The van der Waals surface area contributed by atoms with Crippen molar-refractivity contribution in [2.45, 2.75) is 39.0 Å². The first-order chi connectivity index (χ1) is 12.2. The van der Waals surface area contributed by atoms with Crippen molar-refractivity contribution in [2.24, 2.45) is 5.92 Å². The Kier molecular flexibility index (Phi) is 6.23. The van der Waals surface area contributed by atoms with Crippen LogP contribution < -0.4 is 10.6 Å². The molecule has 1 saturated heterocycles. The van der Waals surface area contributed by atoms with Crippen molar-refractivity contribution in [2.75, 3.05) is 19.6 Å². The van der Waals surface area contributed by atoms with Crippen LogP contribution in [0.2, 0.25) is 0 Å². The lowest BCUT2D eigenvalue weighted by molar-refractivity contribution is -0.121. The molecular weight excluding hydrogens is 314 g/mol. The van der Waals surface area contributed by atoms with Crippen molar-refractivity contribution in [1.82, 2.24) is 15.6 Å². The number of carbonyl (C=O) groups excluding carboxylic acids is 1. The number of hydrogen-bond acceptors (Lipinski definition) is 4. The third kappa shape index (κ3) is 5.16. The minimum atomic E-state index is 0.0703. The number of oxazole rings is 1. The summed E-state index contributed by atoms with van der Waals surface area (Å²) in [5.41, 5.74) is 1.88. The van der Waals surface area contributed by atoms with Crippen LogP contribution in [0.3, 0.4) is 0 Å². The first kappa shape index (κ1) is 17.7. The number of nitrogens with one attached hydrogen (secondary N) is 2. The van der Waals surface area contributed by atoms with Gasteiger partial charge in [0.15, 0.2) is 11.7 Å². The highest BCUT2D eigenvalue weighted by atomic mass is 16.4. The largest absolute Gasteiger partial charge is 0.440 e. The Labute approximate surface area is 149 Å². The summed E-state index contributed by atoms with van der Waals surface area (Å²) in [6.45, 7) is 4.90. The zero-order chi connectivity index (χ0) is 17.5. The Bertz CT molecular complexity index is 676. The van der Waals surface area contributed by atoms with Crippen LogP contribution in [0.5, 0.6) is 0 Å². The average molecular weight is 341 g/mol. The van der Waals surface area contributed by atoms with Crippen molar-refractivity contribution in [3.05, 3.63) is 41.9 Å². The molecule has 0 radical (unpaired) electrons.